The van der Waals surface area contributed by atoms with Crippen LogP contribution < -0.4 is 10.1 Å². The summed E-state index contributed by atoms with van der Waals surface area (Å²) in [6, 6.07) is 5.93. The van der Waals surface area contributed by atoms with Crippen molar-refractivity contribution in [2.24, 2.45) is 0 Å². The summed E-state index contributed by atoms with van der Waals surface area (Å²) >= 11 is 0. The molecular formula is C16H19NO2. The summed E-state index contributed by atoms with van der Waals surface area (Å²) in [6.07, 6.45) is 7.73. The zero-order valence-electron chi connectivity index (χ0n) is 11.0. The highest BCUT2D eigenvalue weighted by Gasteiger charge is 2.23. The minimum absolute atomic E-state index is 0.254. The average Bonchev–Trinajstić information content (AvgIpc) is 3.25. The average molecular weight is 257 g/mol. The van der Waals surface area contributed by atoms with Gasteiger partial charge in [-0.25, -0.2) is 0 Å². The van der Waals surface area contributed by atoms with Crippen LogP contribution in [-0.2, 0) is 4.74 Å². The maximum atomic E-state index is 5.75. The van der Waals surface area contributed by atoms with Gasteiger partial charge in [-0.15, -0.1) is 0 Å². The Labute approximate surface area is 114 Å². The number of nitrogens with one attached hydrogen (secondary N) is 1. The summed E-state index contributed by atoms with van der Waals surface area (Å²) in [5.41, 5.74) is 1.99. The van der Waals surface area contributed by atoms with E-state index in [0.29, 0.717) is 6.61 Å². The Bertz CT molecular complexity index is 476. The first-order valence-corrected chi connectivity index (χ1v) is 6.36. The molecular weight excluding hydrogens is 238 g/mol. The van der Waals surface area contributed by atoms with Gasteiger partial charge in [-0.05, 0) is 12.1 Å². The van der Waals surface area contributed by atoms with Crippen molar-refractivity contribution in [2.45, 2.75) is 6.10 Å². The van der Waals surface area contributed by atoms with Gasteiger partial charge in [-0.3, -0.25) is 0 Å². The van der Waals surface area contributed by atoms with Gasteiger partial charge in [-0.2, -0.15) is 0 Å². The van der Waals surface area contributed by atoms with E-state index in [0.717, 1.165) is 30.2 Å². The van der Waals surface area contributed by atoms with Gasteiger partial charge in [0.15, 0.2) is 0 Å². The highest BCUT2D eigenvalue weighted by Crippen LogP contribution is 2.28. The van der Waals surface area contributed by atoms with E-state index in [1.54, 1.807) is 6.08 Å². The van der Waals surface area contributed by atoms with Gasteiger partial charge < -0.3 is 14.8 Å². The minimum atomic E-state index is 0.254. The molecule has 0 spiro atoms. The fraction of sp³-hybridized carbons (Fsp3) is 0.250. The first-order chi connectivity index (χ1) is 9.35. The Morgan fingerprint density at radius 3 is 2.95 bits per heavy atom. The number of epoxide rings is 1. The lowest BCUT2D eigenvalue weighted by Gasteiger charge is -2.13. The molecule has 1 unspecified atom stereocenters. The lowest BCUT2D eigenvalue weighted by Crippen LogP contribution is -2.07. The van der Waals surface area contributed by atoms with Crippen LogP contribution in [0.25, 0.3) is 6.08 Å². The molecule has 2 rings (SSSR count). The van der Waals surface area contributed by atoms with Crippen LogP contribution in [0.1, 0.15) is 5.56 Å². The highest BCUT2D eigenvalue weighted by molar-refractivity contribution is 5.71. The second-order valence-electron chi connectivity index (χ2n) is 4.23. The van der Waals surface area contributed by atoms with E-state index in [2.05, 4.69) is 18.5 Å². The van der Waals surface area contributed by atoms with E-state index < -0.39 is 0 Å². The monoisotopic (exact) mass is 257 g/mol. The molecule has 1 saturated heterocycles. The van der Waals surface area contributed by atoms with Crippen molar-refractivity contribution in [3.63, 3.8) is 0 Å². The van der Waals surface area contributed by atoms with E-state index >= 15 is 0 Å². The number of allylic oxidation sites excluding steroid dienone is 2. The standard InChI is InChI=1S/C16H19NO2/c1-3-5-6-10-17-15-8-7-9-16(14(15)4-2)19-12-13-11-18-13/h3-9,13,17H,1-2,10-12H2/b6-5-. The van der Waals surface area contributed by atoms with Gasteiger partial charge in [0.1, 0.15) is 18.5 Å². The molecule has 1 heterocycles. The zero-order valence-corrected chi connectivity index (χ0v) is 11.0. The van der Waals surface area contributed by atoms with Crippen LogP contribution in [0.15, 0.2) is 49.6 Å². The fourth-order valence-electron chi connectivity index (χ4n) is 1.71. The van der Waals surface area contributed by atoms with Crippen LogP contribution in [-0.4, -0.2) is 25.9 Å². The molecule has 1 aliphatic rings. The third-order valence-corrected chi connectivity index (χ3v) is 2.78. The predicted octanol–water partition coefficient (Wildman–Crippen LogP) is 3.26. The first kappa shape index (κ1) is 13.4. The lowest BCUT2D eigenvalue weighted by molar-refractivity contribution is 0.263. The van der Waals surface area contributed by atoms with Crippen LogP contribution in [0.3, 0.4) is 0 Å². The number of hydrogen-bond acceptors (Lipinski definition) is 3. The highest BCUT2D eigenvalue weighted by atomic mass is 16.6. The summed E-state index contributed by atoms with van der Waals surface area (Å²) in [5.74, 6) is 0.836. The second kappa shape index (κ2) is 6.81. The Kier molecular flexibility index (Phi) is 4.81. The van der Waals surface area contributed by atoms with Crippen molar-refractivity contribution >= 4 is 11.8 Å². The second-order valence-corrected chi connectivity index (χ2v) is 4.23. The molecule has 0 radical (unpaired) electrons. The molecule has 0 aromatic heterocycles. The van der Waals surface area contributed by atoms with Crippen molar-refractivity contribution in [2.75, 3.05) is 25.1 Å². The predicted molar refractivity (Wildman–Crippen MR) is 79.6 cm³/mol. The largest absolute Gasteiger partial charge is 0.490 e. The smallest absolute Gasteiger partial charge is 0.128 e. The third-order valence-electron chi connectivity index (χ3n) is 2.78. The van der Waals surface area contributed by atoms with Gasteiger partial charge >= 0.3 is 0 Å². The van der Waals surface area contributed by atoms with Crippen LogP contribution in [0.4, 0.5) is 5.69 Å². The normalized spacial score (nSPS) is 17.2. The van der Waals surface area contributed by atoms with Crippen LogP contribution in [0, 0.1) is 0 Å². The Balaban J connectivity index is 2.03. The topological polar surface area (TPSA) is 33.8 Å². The number of benzene rings is 1. The third kappa shape index (κ3) is 4.00. The van der Waals surface area contributed by atoms with Crippen molar-refractivity contribution in [3.05, 3.63) is 55.1 Å². The lowest BCUT2D eigenvalue weighted by atomic mass is 10.1. The maximum Gasteiger partial charge on any atom is 0.128 e. The fourth-order valence-corrected chi connectivity index (χ4v) is 1.71. The van der Waals surface area contributed by atoms with E-state index in [9.17, 15) is 0 Å². The van der Waals surface area contributed by atoms with Crippen molar-refractivity contribution in [1.29, 1.82) is 0 Å². The molecule has 0 saturated carbocycles. The van der Waals surface area contributed by atoms with E-state index in [4.69, 9.17) is 9.47 Å². The minimum Gasteiger partial charge on any atom is -0.490 e. The Morgan fingerprint density at radius 2 is 2.26 bits per heavy atom. The molecule has 1 N–H and O–H groups in total. The Morgan fingerprint density at radius 1 is 1.42 bits per heavy atom. The van der Waals surface area contributed by atoms with E-state index in [1.807, 2.05) is 36.4 Å². The molecule has 0 aliphatic carbocycles. The molecule has 19 heavy (non-hydrogen) atoms. The summed E-state index contributed by atoms with van der Waals surface area (Å²) in [5, 5.41) is 3.33. The SMILES string of the molecule is C=C/C=C\CNc1cccc(OCC2CO2)c1C=C. The van der Waals surface area contributed by atoms with Crippen LogP contribution >= 0.6 is 0 Å². The van der Waals surface area contributed by atoms with Crippen LogP contribution in [0.5, 0.6) is 5.75 Å². The van der Waals surface area contributed by atoms with Crippen molar-refractivity contribution < 1.29 is 9.47 Å². The summed E-state index contributed by atoms with van der Waals surface area (Å²) in [7, 11) is 0. The van der Waals surface area contributed by atoms with E-state index in [-0.39, 0.29) is 6.10 Å². The molecule has 3 heteroatoms. The molecule has 100 valence electrons. The Hall–Kier alpha value is -2.00. The van der Waals surface area contributed by atoms with Gasteiger partial charge in [0.05, 0.1) is 6.61 Å². The number of ether oxygens (including phenoxy) is 2. The molecule has 0 amide bonds. The van der Waals surface area contributed by atoms with Crippen LogP contribution in [0.2, 0.25) is 0 Å². The van der Waals surface area contributed by atoms with Gasteiger partial charge in [0.25, 0.3) is 0 Å². The number of rotatable bonds is 8. The summed E-state index contributed by atoms with van der Waals surface area (Å²) in [4.78, 5) is 0. The molecule has 0 bridgehead atoms. The maximum absolute atomic E-state index is 5.75. The first-order valence-electron chi connectivity index (χ1n) is 6.36. The van der Waals surface area contributed by atoms with E-state index in [1.165, 1.54) is 0 Å². The molecule has 1 atom stereocenters. The number of hydrogen-bond donors (Lipinski definition) is 1. The zero-order chi connectivity index (χ0) is 13.5. The quantitative estimate of drug-likeness (QED) is 0.573. The molecule has 1 aromatic carbocycles. The summed E-state index contributed by atoms with van der Waals surface area (Å²) < 4.78 is 10.9. The molecule has 3 nitrogen and oxygen atoms in total. The summed E-state index contributed by atoms with van der Waals surface area (Å²) in [6.45, 7) is 9.63. The van der Waals surface area contributed by atoms with Gasteiger partial charge in [0, 0.05) is 17.8 Å². The van der Waals surface area contributed by atoms with Gasteiger partial charge in [-0.1, -0.05) is 43.5 Å². The molecule has 1 aromatic rings. The van der Waals surface area contributed by atoms with Crippen molar-refractivity contribution in [1.82, 2.24) is 0 Å². The molecule has 1 aliphatic heterocycles. The molecule has 1 fully saturated rings. The van der Waals surface area contributed by atoms with Crippen molar-refractivity contribution in [3.8, 4) is 5.75 Å². The van der Waals surface area contributed by atoms with Gasteiger partial charge in [0.2, 0.25) is 0 Å². The number of anilines is 1.